The number of carbonyl (C=O) groups is 1. The lowest BCUT2D eigenvalue weighted by atomic mass is 10.1. The van der Waals surface area contributed by atoms with E-state index in [1.54, 1.807) is 19.1 Å². The number of alkyl halides is 3. The van der Waals surface area contributed by atoms with Crippen molar-refractivity contribution in [3.8, 4) is 23.2 Å². The van der Waals surface area contributed by atoms with Gasteiger partial charge >= 0.3 is 12.1 Å². The van der Waals surface area contributed by atoms with E-state index in [9.17, 15) is 18.0 Å². The average molecular weight is 402 g/mol. The minimum absolute atomic E-state index is 0.144. The fourth-order valence-electron chi connectivity index (χ4n) is 2.43. The Bertz CT molecular complexity index is 1090. The van der Waals surface area contributed by atoms with E-state index >= 15 is 0 Å². The first-order chi connectivity index (χ1) is 13.8. The molecule has 29 heavy (non-hydrogen) atoms. The molecule has 1 amide bonds. The predicted molar refractivity (Wildman–Crippen MR) is 95.0 cm³/mol. The highest BCUT2D eigenvalue weighted by atomic mass is 19.4. The molecule has 1 aromatic heterocycles. The van der Waals surface area contributed by atoms with Crippen LogP contribution in [0.25, 0.3) is 11.4 Å². The minimum atomic E-state index is -4.76. The lowest BCUT2D eigenvalue weighted by Crippen LogP contribution is -2.13. The van der Waals surface area contributed by atoms with Crippen LogP contribution in [0.3, 0.4) is 0 Å². The van der Waals surface area contributed by atoms with E-state index in [1.807, 2.05) is 6.07 Å². The number of rotatable bonds is 5. The zero-order valence-electron chi connectivity index (χ0n) is 14.9. The predicted octanol–water partition coefficient (Wildman–Crippen LogP) is 4.28. The summed E-state index contributed by atoms with van der Waals surface area (Å²) in [5.74, 6) is -1.95. The molecule has 7 nitrogen and oxygen atoms in total. The van der Waals surface area contributed by atoms with Crippen molar-refractivity contribution in [2.45, 2.75) is 13.1 Å². The summed E-state index contributed by atoms with van der Waals surface area (Å²) in [6, 6.07) is 12.3. The molecule has 0 aliphatic heterocycles. The van der Waals surface area contributed by atoms with Crippen molar-refractivity contribution < 1.29 is 27.2 Å². The number of ether oxygens (including phenoxy) is 1. The van der Waals surface area contributed by atoms with Crippen LogP contribution in [-0.2, 0) is 6.18 Å². The third kappa shape index (κ3) is 4.52. The lowest BCUT2D eigenvalue weighted by molar-refractivity contribution is -0.159. The van der Waals surface area contributed by atoms with E-state index in [2.05, 4.69) is 20.0 Å². The largest absolute Gasteiger partial charge is 0.492 e. The summed E-state index contributed by atoms with van der Waals surface area (Å²) in [6.07, 6.45) is -4.76. The van der Waals surface area contributed by atoms with Crippen LogP contribution in [-0.4, -0.2) is 22.7 Å². The van der Waals surface area contributed by atoms with Crippen molar-refractivity contribution in [1.82, 2.24) is 10.1 Å². The van der Waals surface area contributed by atoms with E-state index in [0.29, 0.717) is 23.6 Å². The second-order valence-electron chi connectivity index (χ2n) is 5.71. The maximum Gasteiger partial charge on any atom is 0.471 e. The second kappa shape index (κ2) is 8.02. The number of carbonyl (C=O) groups excluding carboxylic acids is 1. The highest BCUT2D eigenvalue weighted by Crippen LogP contribution is 2.30. The normalized spacial score (nSPS) is 11.0. The van der Waals surface area contributed by atoms with Crippen LogP contribution in [0.2, 0.25) is 0 Å². The molecule has 1 heterocycles. The molecule has 0 radical (unpaired) electrons. The van der Waals surface area contributed by atoms with Gasteiger partial charge in [-0.1, -0.05) is 17.3 Å². The minimum Gasteiger partial charge on any atom is -0.492 e. The van der Waals surface area contributed by atoms with Gasteiger partial charge in [-0.25, -0.2) is 0 Å². The number of nitrogens with zero attached hydrogens (tertiary/aromatic N) is 3. The van der Waals surface area contributed by atoms with Crippen LogP contribution in [0.5, 0.6) is 5.75 Å². The molecule has 3 rings (SSSR count). The van der Waals surface area contributed by atoms with Crippen LogP contribution in [0.1, 0.15) is 28.7 Å². The number of hydrogen-bond donors (Lipinski definition) is 1. The second-order valence-corrected chi connectivity index (χ2v) is 5.71. The summed E-state index contributed by atoms with van der Waals surface area (Å²) in [5, 5.41) is 15.0. The summed E-state index contributed by atoms with van der Waals surface area (Å²) in [5.41, 5.74) is 0.933. The van der Waals surface area contributed by atoms with Gasteiger partial charge in [0.2, 0.25) is 5.82 Å². The van der Waals surface area contributed by atoms with Crippen molar-refractivity contribution in [2.24, 2.45) is 0 Å². The van der Waals surface area contributed by atoms with Crippen LogP contribution >= 0.6 is 0 Å². The zero-order chi connectivity index (χ0) is 21.0. The number of nitriles is 1. The van der Waals surface area contributed by atoms with Gasteiger partial charge in [0.05, 0.1) is 23.9 Å². The SMILES string of the molecule is CCOc1ccc(C#N)cc1NC(=O)c1cccc(-c2noc(C(F)(F)F)n2)c1. The van der Waals surface area contributed by atoms with Crippen molar-refractivity contribution >= 4 is 11.6 Å². The van der Waals surface area contributed by atoms with Crippen molar-refractivity contribution in [3.05, 3.63) is 59.5 Å². The van der Waals surface area contributed by atoms with Gasteiger partial charge in [-0.05, 0) is 37.3 Å². The monoisotopic (exact) mass is 402 g/mol. The molecule has 148 valence electrons. The van der Waals surface area contributed by atoms with Crippen LogP contribution in [0.15, 0.2) is 47.0 Å². The first-order valence-corrected chi connectivity index (χ1v) is 8.31. The fraction of sp³-hybridized carbons (Fsp3) is 0.158. The number of halogens is 3. The first kappa shape index (κ1) is 19.9. The zero-order valence-corrected chi connectivity index (χ0v) is 14.9. The molecule has 0 aliphatic rings. The van der Waals surface area contributed by atoms with Gasteiger partial charge in [0.25, 0.3) is 5.91 Å². The number of anilines is 1. The Morgan fingerprint density at radius 3 is 2.72 bits per heavy atom. The number of nitrogens with one attached hydrogen (secondary N) is 1. The molecule has 2 aromatic carbocycles. The first-order valence-electron chi connectivity index (χ1n) is 8.31. The molecule has 10 heteroatoms. The molecule has 0 saturated heterocycles. The molecule has 0 fully saturated rings. The van der Waals surface area contributed by atoms with Crippen molar-refractivity contribution in [2.75, 3.05) is 11.9 Å². The molecular weight excluding hydrogens is 389 g/mol. The Labute approximate surface area is 162 Å². The van der Waals surface area contributed by atoms with Gasteiger partial charge in [-0.2, -0.15) is 23.4 Å². The van der Waals surface area contributed by atoms with Crippen molar-refractivity contribution in [1.29, 1.82) is 5.26 Å². The molecule has 0 bridgehead atoms. The lowest BCUT2D eigenvalue weighted by Gasteiger charge is -2.12. The Balaban J connectivity index is 1.87. The van der Waals surface area contributed by atoms with Gasteiger partial charge in [0.1, 0.15) is 5.75 Å². The Morgan fingerprint density at radius 1 is 1.28 bits per heavy atom. The number of amides is 1. The Hall–Kier alpha value is -3.87. The quantitative estimate of drug-likeness (QED) is 0.684. The maximum absolute atomic E-state index is 12.6. The topological polar surface area (TPSA) is 101 Å². The molecule has 0 aliphatic carbocycles. The third-order valence-electron chi connectivity index (χ3n) is 3.71. The van der Waals surface area contributed by atoms with Gasteiger partial charge in [-0.15, -0.1) is 0 Å². The van der Waals surface area contributed by atoms with Crippen molar-refractivity contribution in [3.63, 3.8) is 0 Å². The molecule has 3 aromatic rings. The smallest absolute Gasteiger partial charge is 0.471 e. The standard InChI is InChI=1S/C19H13F3N4O3/c1-2-28-15-7-6-11(10-23)8-14(15)24-17(27)13-5-3-4-12(9-13)16-25-18(29-26-16)19(20,21)22/h3-9H,2H2,1H3,(H,24,27). The molecule has 0 saturated carbocycles. The van der Waals surface area contributed by atoms with Crippen LogP contribution in [0.4, 0.5) is 18.9 Å². The maximum atomic E-state index is 12.6. The number of benzene rings is 2. The Morgan fingerprint density at radius 2 is 2.07 bits per heavy atom. The summed E-state index contributed by atoms with van der Waals surface area (Å²) >= 11 is 0. The van der Waals surface area contributed by atoms with Crippen LogP contribution < -0.4 is 10.1 Å². The van der Waals surface area contributed by atoms with E-state index in [4.69, 9.17) is 10.00 Å². The third-order valence-corrected chi connectivity index (χ3v) is 3.71. The number of aromatic nitrogens is 2. The summed E-state index contributed by atoms with van der Waals surface area (Å²) in [7, 11) is 0. The summed E-state index contributed by atoms with van der Waals surface area (Å²) in [4.78, 5) is 15.9. The van der Waals surface area contributed by atoms with E-state index < -0.39 is 18.0 Å². The van der Waals surface area contributed by atoms with Gasteiger partial charge < -0.3 is 14.6 Å². The molecular formula is C19H13F3N4O3. The van der Waals surface area contributed by atoms with E-state index in [-0.39, 0.29) is 17.0 Å². The molecule has 0 unspecified atom stereocenters. The Kier molecular flexibility index (Phi) is 5.50. The summed E-state index contributed by atoms with van der Waals surface area (Å²) < 4.78 is 47.6. The average Bonchev–Trinajstić information content (AvgIpc) is 3.20. The van der Waals surface area contributed by atoms with E-state index in [0.717, 1.165) is 0 Å². The molecule has 0 spiro atoms. The highest BCUT2D eigenvalue weighted by molar-refractivity contribution is 6.05. The van der Waals surface area contributed by atoms with Gasteiger partial charge in [0, 0.05) is 11.1 Å². The summed E-state index contributed by atoms with van der Waals surface area (Å²) in [6.45, 7) is 2.12. The van der Waals surface area contributed by atoms with Gasteiger partial charge in [-0.3, -0.25) is 4.79 Å². The molecule has 0 atom stereocenters. The highest BCUT2D eigenvalue weighted by Gasteiger charge is 2.38. The van der Waals surface area contributed by atoms with Crippen LogP contribution in [0, 0.1) is 11.3 Å². The fourth-order valence-corrected chi connectivity index (χ4v) is 2.43. The van der Waals surface area contributed by atoms with Gasteiger partial charge in [0.15, 0.2) is 0 Å². The van der Waals surface area contributed by atoms with E-state index in [1.165, 1.54) is 30.3 Å². The number of hydrogen-bond acceptors (Lipinski definition) is 6. The molecule has 1 N–H and O–H groups in total.